The fraction of sp³-hybridized carbons (Fsp3) is 0.917. The van der Waals surface area contributed by atoms with E-state index in [1.165, 1.54) is 0 Å². The van der Waals surface area contributed by atoms with Gasteiger partial charge in [-0.1, -0.05) is 0 Å². The third-order valence-corrected chi connectivity index (χ3v) is 3.35. The van der Waals surface area contributed by atoms with Crippen molar-refractivity contribution in [1.29, 1.82) is 0 Å². The van der Waals surface area contributed by atoms with Crippen LogP contribution in [0.3, 0.4) is 0 Å². The SMILES string of the molecule is NC(=NCCCN1CCOCC1)N1CCOCC1. The molecule has 2 heterocycles. The Hall–Kier alpha value is -0.850. The van der Waals surface area contributed by atoms with E-state index in [4.69, 9.17) is 15.2 Å². The van der Waals surface area contributed by atoms with E-state index in [1.807, 2.05) is 0 Å². The average Bonchev–Trinajstić information content (AvgIpc) is 2.45. The fourth-order valence-electron chi connectivity index (χ4n) is 2.21. The summed E-state index contributed by atoms with van der Waals surface area (Å²) in [5, 5.41) is 0. The molecule has 0 bridgehead atoms. The summed E-state index contributed by atoms with van der Waals surface area (Å²) in [5.74, 6) is 0.667. The highest BCUT2D eigenvalue weighted by atomic mass is 16.5. The molecule has 0 aromatic carbocycles. The molecule has 2 fully saturated rings. The Morgan fingerprint density at radius 1 is 1.00 bits per heavy atom. The molecule has 6 nitrogen and oxygen atoms in total. The lowest BCUT2D eigenvalue weighted by Gasteiger charge is -2.28. The van der Waals surface area contributed by atoms with Crippen molar-refractivity contribution in [3.8, 4) is 0 Å². The molecular formula is C12H24N4O2. The minimum absolute atomic E-state index is 0.667. The van der Waals surface area contributed by atoms with Gasteiger partial charge < -0.3 is 20.1 Å². The molecule has 0 amide bonds. The molecule has 104 valence electrons. The highest BCUT2D eigenvalue weighted by molar-refractivity contribution is 5.78. The topological polar surface area (TPSA) is 63.3 Å². The largest absolute Gasteiger partial charge is 0.379 e. The second-order valence-electron chi connectivity index (χ2n) is 4.65. The number of aliphatic imine (C=N–C) groups is 1. The van der Waals surface area contributed by atoms with Gasteiger partial charge in [0.1, 0.15) is 0 Å². The molecule has 0 atom stereocenters. The van der Waals surface area contributed by atoms with Crippen LogP contribution in [0.2, 0.25) is 0 Å². The minimum atomic E-state index is 0.667. The molecule has 0 aromatic rings. The summed E-state index contributed by atoms with van der Waals surface area (Å²) in [4.78, 5) is 8.96. The van der Waals surface area contributed by atoms with E-state index in [0.717, 1.165) is 72.1 Å². The lowest BCUT2D eigenvalue weighted by molar-refractivity contribution is 0.0377. The number of nitrogens with two attached hydrogens (primary N) is 1. The number of rotatable bonds is 4. The Morgan fingerprint density at radius 3 is 2.28 bits per heavy atom. The first kappa shape index (κ1) is 13.6. The number of morpholine rings is 2. The van der Waals surface area contributed by atoms with Gasteiger partial charge in [-0.2, -0.15) is 0 Å². The van der Waals surface area contributed by atoms with Gasteiger partial charge in [0, 0.05) is 39.3 Å². The lowest BCUT2D eigenvalue weighted by Crippen LogP contribution is -2.45. The smallest absolute Gasteiger partial charge is 0.191 e. The molecule has 2 aliphatic heterocycles. The van der Waals surface area contributed by atoms with E-state index in [0.29, 0.717) is 5.96 Å². The van der Waals surface area contributed by atoms with Crippen molar-refractivity contribution in [3.05, 3.63) is 0 Å². The van der Waals surface area contributed by atoms with Gasteiger partial charge in [-0.3, -0.25) is 9.89 Å². The van der Waals surface area contributed by atoms with Crippen LogP contribution in [0.1, 0.15) is 6.42 Å². The second-order valence-corrected chi connectivity index (χ2v) is 4.65. The molecule has 0 radical (unpaired) electrons. The average molecular weight is 256 g/mol. The Kier molecular flexibility index (Phi) is 5.70. The molecule has 0 aliphatic carbocycles. The van der Waals surface area contributed by atoms with Crippen molar-refractivity contribution in [2.75, 3.05) is 65.7 Å². The Bertz CT molecular complexity index is 261. The normalized spacial score (nSPS) is 23.3. The molecule has 2 N–H and O–H groups in total. The number of hydrogen-bond acceptors (Lipinski definition) is 4. The summed E-state index contributed by atoms with van der Waals surface area (Å²) in [6, 6.07) is 0. The summed E-state index contributed by atoms with van der Waals surface area (Å²) in [7, 11) is 0. The van der Waals surface area contributed by atoms with Crippen LogP contribution in [0, 0.1) is 0 Å². The molecule has 0 saturated carbocycles. The van der Waals surface area contributed by atoms with Crippen LogP contribution in [0.25, 0.3) is 0 Å². The van der Waals surface area contributed by atoms with Crippen molar-refractivity contribution >= 4 is 5.96 Å². The fourth-order valence-corrected chi connectivity index (χ4v) is 2.21. The number of nitrogens with zero attached hydrogens (tertiary/aromatic N) is 3. The van der Waals surface area contributed by atoms with E-state index in [-0.39, 0.29) is 0 Å². The Labute approximate surface area is 109 Å². The Morgan fingerprint density at radius 2 is 1.61 bits per heavy atom. The maximum absolute atomic E-state index is 5.95. The van der Waals surface area contributed by atoms with Gasteiger partial charge in [0.15, 0.2) is 5.96 Å². The monoisotopic (exact) mass is 256 g/mol. The van der Waals surface area contributed by atoms with Crippen molar-refractivity contribution in [2.45, 2.75) is 6.42 Å². The van der Waals surface area contributed by atoms with Gasteiger partial charge in [-0.15, -0.1) is 0 Å². The standard InChI is InChI=1S/C12H24N4O2/c13-12(16-6-10-18-11-7-16)14-2-1-3-15-4-8-17-9-5-15/h1-11H2,(H2,13,14). The Balaban J connectivity index is 1.60. The van der Waals surface area contributed by atoms with E-state index < -0.39 is 0 Å². The molecule has 6 heteroatoms. The molecule has 2 saturated heterocycles. The first-order valence-corrected chi connectivity index (χ1v) is 6.79. The summed E-state index contributed by atoms with van der Waals surface area (Å²) >= 11 is 0. The summed E-state index contributed by atoms with van der Waals surface area (Å²) in [6.45, 7) is 8.93. The third kappa shape index (κ3) is 4.44. The van der Waals surface area contributed by atoms with Gasteiger partial charge in [0.05, 0.1) is 26.4 Å². The van der Waals surface area contributed by atoms with Crippen LogP contribution in [0.5, 0.6) is 0 Å². The van der Waals surface area contributed by atoms with Crippen LogP contribution in [-0.2, 0) is 9.47 Å². The predicted octanol–water partition coefficient (Wildman–Crippen LogP) is -0.644. The maximum atomic E-state index is 5.95. The zero-order valence-electron chi connectivity index (χ0n) is 11.0. The van der Waals surface area contributed by atoms with Crippen molar-refractivity contribution < 1.29 is 9.47 Å². The zero-order chi connectivity index (χ0) is 12.6. The van der Waals surface area contributed by atoms with Crippen molar-refractivity contribution in [1.82, 2.24) is 9.80 Å². The van der Waals surface area contributed by atoms with Crippen molar-refractivity contribution in [2.24, 2.45) is 10.7 Å². The molecular weight excluding hydrogens is 232 g/mol. The molecule has 0 spiro atoms. The second kappa shape index (κ2) is 7.56. The quantitative estimate of drug-likeness (QED) is 0.412. The molecule has 0 aromatic heterocycles. The van der Waals surface area contributed by atoms with Gasteiger partial charge in [-0.05, 0) is 6.42 Å². The van der Waals surface area contributed by atoms with Gasteiger partial charge >= 0.3 is 0 Å². The van der Waals surface area contributed by atoms with Gasteiger partial charge in [-0.25, -0.2) is 0 Å². The molecule has 2 aliphatic rings. The minimum Gasteiger partial charge on any atom is -0.379 e. The van der Waals surface area contributed by atoms with E-state index in [9.17, 15) is 0 Å². The number of hydrogen-bond donors (Lipinski definition) is 1. The first-order chi connectivity index (χ1) is 8.86. The zero-order valence-corrected chi connectivity index (χ0v) is 11.0. The summed E-state index contributed by atoms with van der Waals surface area (Å²) < 4.78 is 10.6. The van der Waals surface area contributed by atoms with Crippen LogP contribution in [0.15, 0.2) is 4.99 Å². The van der Waals surface area contributed by atoms with Gasteiger partial charge in [0.25, 0.3) is 0 Å². The lowest BCUT2D eigenvalue weighted by atomic mass is 10.3. The highest BCUT2D eigenvalue weighted by Gasteiger charge is 2.12. The summed E-state index contributed by atoms with van der Waals surface area (Å²) in [6.07, 6.45) is 1.06. The highest BCUT2D eigenvalue weighted by Crippen LogP contribution is 1.99. The van der Waals surface area contributed by atoms with Gasteiger partial charge in [0.2, 0.25) is 0 Å². The van der Waals surface area contributed by atoms with Crippen LogP contribution in [0.4, 0.5) is 0 Å². The maximum Gasteiger partial charge on any atom is 0.191 e. The van der Waals surface area contributed by atoms with Crippen LogP contribution >= 0.6 is 0 Å². The molecule has 0 unspecified atom stereocenters. The number of ether oxygens (including phenoxy) is 2. The van der Waals surface area contributed by atoms with E-state index in [1.54, 1.807) is 0 Å². The number of guanidine groups is 1. The first-order valence-electron chi connectivity index (χ1n) is 6.79. The van der Waals surface area contributed by atoms with E-state index in [2.05, 4.69) is 14.8 Å². The summed E-state index contributed by atoms with van der Waals surface area (Å²) in [5.41, 5.74) is 5.95. The predicted molar refractivity (Wildman–Crippen MR) is 70.8 cm³/mol. The third-order valence-electron chi connectivity index (χ3n) is 3.35. The van der Waals surface area contributed by atoms with Crippen molar-refractivity contribution in [3.63, 3.8) is 0 Å². The molecule has 18 heavy (non-hydrogen) atoms. The molecule has 2 rings (SSSR count). The van der Waals surface area contributed by atoms with Crippen LogP contribution < -0.4 is 5.73 Å². The van der Waals surface area contributed by atoms with E-state index >= 15 is 0 Å². The van der Waals surface area contributed by atoms with Crippen LogP contribution in [-0.4, -0.2) is 81.5 Å².